The standard InChI is InChI=1S/C24H21ClFNO3/c1-24(2)13-17-4-3-5-21(22(17)30-24)29-14-15-6-8-16(9-7-15)23(28)27-18-10-11-20(26)19(25)12-18/h3-12H,13-14H2,1-2H3,(H,27,28). The van der Waals surface area contributed by atoms with Gasteiger partial charge in [-0.3, -0.25) is 4.79 Å². The van der Waals surface area contributed by atoms with E-state index in [2.05, 4.69) is 25.2 Å². The number of fused-ring (bicyclic) bond motifs is 1. The molecular formula is C24H21ClFNO3. The topological polar surface area (TPSA) is 47.6 Å². The number of carbonyl (C=O) groups excluding carboxylic acids is 1. The maximum atomic E-state index is 13.2. The van der Waals surface area contributed by atoms with E-state index in [1.807, 2.05) is 24.3 Å². The lowest BCUT2D eigenvalue weighted by Crippen LogP contribution is -2.24. The molecule has 0 aliphatic carbocycles. The molecule has 4 rings (SSSR count). The van der Waals surface area contributed by atoms with Gasteiger partial charge >= 0.3 is 0 Å². The molecule has 1 aliphatic rings. The summed E-state index contributed by atoms with van der Waals surface area (Å²) in [4.78, 5) is 12.4. The van der Waals surface area contributed by atoms with Crippen LogP contribution >= 0.6 is 11.6 Å². The molecule has 4 nitrogen and oxygen atoms in total. The maximum absolute atomic E-state index is 13.2. The number of anilines is 1. The molecule has 0 radical (unpaired) electrons. The lowest BCUT2D eigenvalue weighted by Gasteiger charge is -2.18. The molecule has 0 spiro atoms. The Morgan fingerprint density at radius 1 is 1.17 bits per heavy atom. The molecule has 0 saturated carbocycles. The molecule has 0 aromatic heterocycles. The molecule has 1 heterocycles. The van der Waals surface area contributed by atoms with E-state index in [4.69, 9.17) is 21.1 Å². The van der Waals surface area contributed by atoms with Crippen LogP contribution < -0.4 is 14.8 Å². The van der Waals surface area contributed by atoms with E-state index in [0.29, 0.717) is 23.6 Å². The van der Waals surface area contributed by atoms with E-state index in [1.54, 1.807) is 12.1 Å². The molecule has 0 saturated heterocycles. The number of halogens is 2. The summed E-state index contributed by atoms with van der Waals surface area (Å²) in [6, 6.07) is 17.1. The first kappa shape index (κ1) is 20.2. The number of para-hydroxylation sites is 1. The number of amides is 1. The molecule has 6 heteroatoms. The Morgan fingerprint density at radius 3 is 2.67 bits per heavy atom. The van der Waals surface area contributed by atoms with Crippen molar-refractivity contribution in [2.75, 3.05) is 5.32 Å². The molecule has 0 bridgehead atoms. The van der Waals surface area contributed by atoms with Gasteiger partial charge in [0.05, 0.1) is 5.02 Å². The molecule has 1 N–H and O–H groups in total. The molecule has 30 heavy (non-hydrogen) atoms. The fraction of sp³-hybridized carbons (Fsp3) is 0.208. The Balaban J connectivity index is 1.39. The van der Waals surface area contributed by atoms with Crippen molar-refractivity contribution in [1.29, 1.82) is 0 Å². The summed E-state index contributed by atoms with van der Waals surface area (Å²) in [6.45, 7) is 4.47. The minimum Gasteiger partial charge on any atom is -0.485 e. The highest BCUT2D eigenvalue weighted by Gasteiger charge is 2.32. The van der Waals surface area contributed by atoms with Crippen LogP contribution in [-0.4, -0.2) is 11.5 Å². The zero-order valence-electron chi connectivity index (χ0n) is 16.7. The second-order valence-corrected chi connectivity index (χ2v) is 8.26. The number of benzene rings is 3. The summed E-state index contributed by atoms with van der Waals surface area (Å²) in [5.74, 6) is 0.684. The van der Waals surface area contributed by atoms with Crippen LogP contribution in [0, 0.1) is 5.82 Å². The van der Waals surface area contributed by atoms with Gasteiger partial charge in [-0.05, 0) is 55.8 Å². The minimum absolute atomic E-state index is 0.0416. The first-order chi connectivity index (χ1) is 14.3. The highest BCUT2D eigenvalue weighted by Crippen LogP contribution is 2.41. The van der Waals surface area contributed by atoms with E-state index in [9.17, 15) is 9.18 Å². The van der Waals surface area contributed by atoms with Gasteiger partial charge in [-0.15, -0.1) is 0 Å². The van der Waals surface area contributed by atoms with Gasteiger partial charge in [-0.25, -0.2) is 4.39 Å². The van der Waals surface area contributed by atoms with Crippen LogP contribution in [0.5, 0.6) is 11.5 Å². The van der Waals surface area contributed by atoms with Crippen molar-refractivity contribution >= 4 is 23.2 Å². The molecule has 1 aliphatic heterocycles. The van der Waals surface area contributed by atoms with Gasteiger partial charge in [0.2, 0.25) is 0 Å². The van der Waals surface area contributed by atoms with Crippen LogP contribution in [0.1, 0.15) is 35.3 Å². The molecule has 0 atom stereocenters. The molecule has 0 unspecified atom stereocenters. The monoisotopic (exact) mass is 425 g/mol. The van der Waals surface area contributed by atoms with E-state index >= 15 is 0 Å². The SMILES string of the molecule is CC1(C)Cc2cccc(OCc3ccc(C(=O)Nc4ccc(F)c(Cl)c4)cc3)c2O1. The number of hydrogen-bond acceptors (Lipinski definition) is 3. The van der Waals surface area contributed by atoms with Crippen molar-refractivity contribution in [2.24, 2.45) is 0 Å². The first-order valence-electron chi connectivity index (χ1n) is 9.60. The Bertz CT molecular complexity index is 1100. The smallest absolute Gasteiger partial charge is 0.255 e. The van der Waals surface area contributed by atoms with E-state index in [1.165, 1.54) is 18.2 Å². The van der Waals surface area contributed by atoms with Gasteiger partial charge in [-0.1, -0.05) is 35.9 Å². The lowest BCUT2D eigenvalue weighted by atomic mass is 10.0. The zero-order valence-corrected chi connectivity index (χ0v) is 17.4. The largest absolute Gasteiger partial charge is 0.485 e. The summed E-state index contributed by atoms with van der Waals surface area (Å²) in [5, 5.41) is 2.66. The van der Waals surface area contributed by atoms with Crippen LogP contribution in [0.4, 0.5) is 10.1 Å². The third kappa shape index (κ3) is 4.41. The van der Waals surface area contributed by atoms with E-state index in [0.717, 1.165) is 23.3 Å². The summed E-state index contributed by atoms with van der Waals surface area (Å²) in [7, 11) is 0. The quantitative estimate of drug-likeness (QED) is 0.543. The number of nitrogens with one attached hydrogen (secondary N) is 1. The minimum atomic E-state index is -0.531. The molecule has 3 aromatic carbocycles. The molecule has 1 amide bonds. The van der Waals surface area contributed by atoms with Crippen LogP contribution in [0.2, 0.25) is 5.02 Å². The third-order valence-corrected chi connectivity index (χ3v) is 5.13. The van der Waals surface area contributed by atoms with Crippen LogP contribution in [-0.2, 0) is 13.0 Å². The predicted molar refractivity (Wildman–Crippen MR) is 115 cm³/mol. The van der Waals surface area contributed by atoms with E-state index in [-0.39, 0.29) is 16.5 Å². The van der Waals surface area contributed by atoms with Crippen molar-refractivity contribution in [3.05, 3.63) is 88.2 Å². The number of ether oxygens (including phenoxy) is 2. The Labute approximate surface area is 179 Å². The van der Waals surface area contributed by atoms with Crippen molar-refractivity contribution in [3.8, 4) is 11.5 Å². The first-order valence-corrected chi connectivity index (χ1v) is 9.98. The van der Waals surface area contributed by atoms with Crippen molar-refractivity contribution in [3.63, 3.8) is 0 Å². The van der Waals surface area contributed by atoms with Gasteiger partial charge in [0.1, 0.15) is 18.0 Å². The highest BCUT2D eigenvalue weighted by molar-refractivity contribution is 6.31. The summed E-state index contributed by atoms with van der Waals surface area (Å²) < 4.78 is 25.2. The van der Waals surface area contributed by atoms with Gasteiger partial charge in [0.25, 0.3) is 5.91 Å². The fourth-order valence-electron chi connectivity index (χ4n) is 3.39. The van der Waals surface area contributed by atoms with Gasteiger partial charge in [-0.2, -0.15) is 0 Å². The molecule has 3 aromatic rings. The Morgan fingerprint density at radius 2 is 1.93 bits per heavy atom. The number of rotatable bonds is 5. The number of carbonyl (C=O) groups is 1. The van der Waals surface area contributed by atoms with Crippen molar-refractivity contribution < 1.29 is 18.7 Å². The summed E-state index contributed by atoms with van der Waals surface area (Å²) >= 11 is 5.75. The number of hydrogen-bond donors (Lipinski definition) is 1. The average molecular weight is 426 g/mol. The third-order valence-electron chi connectivity index (χ3n) is 4.84. The van der Waals surface area contributed by atoms with Crippen molar-refractivity contribution in [1.82, 2.24) is 0 Å². The Hall–Kier alpha value is -3.05. The van der Waals surface area contributed by atoms with Gasteiger partial charge in [0.15, 0.2) is 11.5 Å². The van der Waals surface area contributed by atoms with Gasteiger partial charge in [0, 0.05) is 23.2 Å². The predicted octanol–water partition coefficient (Wildman–Crippen LogP) is 6.02. The highest BCUT2D eigenvalue weighted by atomic mass is 35.5. The van der Waals surface area contributed by atoms with Crippen LogP contribution in [0.3, 0.4) is 0 Å². The summed E-state index contributed by atoms with van der Waals surface area (Å²) in [6.07, 6.45) is 0.850. The maximum Gasteiger partial charge on any atom is 0.255 e. The molecule has 154 valence electrons. The lowest BCUT2D eigenvalue weighted by molar-refractivity contribution is 0.102. The van der Waals surface area contributed by atoms with Crippen LogP contribution in [0.25, 0.3) is 0 Å². The normalized spacial score (nSPS) is 14.0. The Kier molecular flexibility index (Phi) is 5.39. The van der Waals surface area contributed by atoms with Gasteiger partial charge < -0.3 is 14.8 Å². The van der Waals surface area contributed by atoms with Crippen molar-refractivity contribution in [2.45, 2.75) is 32.5 Å². The second kappa shape index (κ2) is 8.00. The van der Waals surface area contributed by atoms with E-state index < -0.39 is 5.82 Å². The molecule has 0 fully saturated rings. The second-order valence-electron chi connectivity index (χ2n) is 7.85. The molecular weight excluding hydrogens is 405 g/mol. The average Bonchev–Trinajstić information content (AvgIpc) is 3.04. The van der Waals surface area contributed by atoms with Crippen LogP contribution in [0.15, 0.2) is 60.7 Å². The summed E-state index contributed by atoms with van der Waals surface area (Å²) in [5.41, 5.74) is 2.74. The fourth-order valence-corrected chi connectivity index (χ4v) is 3.57. The zero-order chi connectivity index (χ0) is 21.3.